The first kappa shape index (κ1) is 9.76. The number of carbonyl (C=O) groups is 1. The van der Waals surface area contributed by atoms with E-state index in [1.54, 1.807) is 6.07 Å². The Morgan fingerprint density at radius 2 is 2.33 bits per heavy atom. The number of hydrogen-bond acceptors (Lipinski definition) is 2. The fraction of sp³-hybridized carbons (Fsp3) is 0.300. The van der Waals surface area contributed by atoms with Crippen molar-refractivity contribution in [3.63, 3.8) is 0 Å². The van der Waals surface area contributed by atoms with Crippen LogP contribution in [0.3, 0.4) is 0 Å². The second-order valence-corrected chi connectivity index (χ2v) is 3.29. The first-order chi connectivity index (χ1) is 7.20. The third-order valence-electron chi connectivity index (χ3n) is 2.34. The molecule has 80 valence electrons. The van der Waals surface area contributed by atoms with Crippen LogP contribution in [0.15, 0.2) is 18.2 Å². The highest BCUT2D eigenvalue weighted by Gasteiger charge is 2.24. The smallest absolute Gasteiger partial charge is 0.315 e. The number of urea groups is 1. The van der Waals surface area contributed by atoms with Gasteiger partial charge in [-0.2, -0.15) is 0 Å². The van der Waals surface area contributed by atoms with Crippen molar-refractivity contribution in [1.29, 1.82) is 0 Å². The number of ether oxygens (including phenoxy) is 1. The van der Waals surface area contributed by atoms with Gasteiger partial charge in [0.2, 0.25) is 0 Å². The normalized spacial score (nSPS) is 19.6. The largest absolute Gasteiger partial charge is 0.496 e. The molecule has 0 bridgehead atoms. The molecule has 1 aromatic rings. The summed E-state index contributed by atoms with van der Waals surface area (Å²) in [7, 11) is 1.47. The molecule has 1 aliphatic rings. The number of hydrogen-bond donors (Lipinski definition) is 2. The van der Waals surface area contributed by atoms with E-state index >= 15 is 0 Å². The maximum absolute atomic E-state index is 12.9. The summed E-state index contributed by atoms with van der Waals surface area (Å²) >= 11 is 0. The Hall–Kier alpha value is -1.78. The van der Waals surface area contributed by atoms with E-state index in [1.807, 2.05) is 0 Å². The monoisotopic (exact) mass is 210 g/mol. The lowest BCUT2D eigenvalue weighted by molar-refractivity contribution is 0.247. The van der Waals surface area contributed by atoms with Gasteiger partial charge >= 0.3 is 6.03 Å². The van der Waals surface area contributed by atoms with E-state index in [9.17, 15) is 9.18 Å². The average Bonchev–Trinajstić information content (AvgIpc) is 2.64. The number of amides is 2. The second-order valence-electron chi connectivity index (χ2n) is 3.29. The van der Waals surface area contributed by atoms with Crippen LogP contribution in [0.2, 0.25) is 0 Å². The number of carbonyl (C=O) groups excluding carboxylic acids is 1. The predicted octanol–water partition coefficient (Wildman–Crippen LogP) is 1.19. The fourth-order valence-electron chi connectivity index (χ4n) is 1.62. The van der Waals surface area contributed by atoms with Crippen molar-refractivity contribution in [2.75, 3.05) is 13.7 Å². The number of methoxy groups -OCH3 is 1. The maximum atomic E-state index is 12.9. The van der Waals surface area contributed by atoms with Crippen molar-refractivity contribution >= 4 is 6.03 Å². The molecule has 0 aliphatic carbocycles. The molecule has 0 aromatic heterocycles. The summed E-state index contributed by atoms with van der Waals surface area (Å²) < 4.78 is 18.0. The van der Waals surface area contributed by atoms with Crippen molar-refractivity contribution < 1.29 is 13.9 Å². The SMILES string of the molecule is COc1cc(F)ccc1[C@@H]1CNC(=O)N1. The summed E-state index contributed by atoms with van der Waals surface area (Å²) in [4.78, 5) is 11.0. The molecule has 2 N–H and O–H groups in total. The number of benzene rings is 1. The lowest BCUT2D eigenvalue weighted by Gasteiger charge is -2.13. The molecule has 1 aromatic carbocycles. The molecular weight excluding hydrogens is 199 g/mol. The maximum Gasteiger partial charge on any atom is 0.315 e. The highest BCUT2D eigenvalue weighted by Crippen LogP contribution is 2.26. The van der Waals surface area contributed by atoms with E-state index in [4.69, 9.17) is 4.74 Å². The van der Waals surface area contributed by atoms with Gasteiger partial charge in [-0.1, -0.05) is 6.07 Å². The van der Waals surface area contributed by atoms with Crippen LogP contribution in [0.5, 0.6) is 5.75 Å². The Labute approximate surface area is 86.4 Å². The topological polar surface area (TPSA) is 50.4 Å². The van der Waals surface area contributed by atoms with E-state index < -0.39 is 0 Å². The lowest BCUT2D eigenvalue weighted by Crippen LogP contribution is -2.21. The molecule has 2 amide bonds. The zero-order chi connectivity index (χ0) is 10.8. The van der Waals surface area contributed by atoms with Gasteiger partial charge in [0.25, 0.3) is 0 Å². The van der Waals surface area contributed by atoms with Gasteiger partial charge in [0.15, 0.2) is 0 Å². The standard InChI is InChI=1S/C10H11FN2O2/c1-15-9-4-6(11)2-3-7(9)8-5-12-10(14)13-8/h2-4,8H,5H2,1H3,(H2,12,13,14)/t8-/m0/s1. The van der Waals surface area contributed by atoms with E-state index in [2.05, 4.69) is 10.6 Å². The lowest BCUT2D eigenvalue weighted by atomic mass is 10.1. The van der Waals surface area contributed by atoms with Crippen LogP contribution in [0.25, 0.3) is 0 Å². The van der Waals surface area contributed by atoms with Gasteiger partial charge in [-0.05, 0) is 6.07 Å². The van der Waals surface area contributed by atoms with E-state index in [0.717, 1.165) is 5.56 Å². The van der Waals surface area contributed by atoms with Crippen molar-refractivity contribution in [1.82, 2.24) is 10.6 Å². The minimum atomic E-state index is -0.354. The molecule has 1 fully saturated rings. The molecule has 5 heteroatoms. The van der Waals surface area contributed by atoms with Crippen LogP contribution < -0.4 is 15.4 Å². The van der Waals surface area contributed by atoms with Crippen LogP contribution in [-0.4, -0.2) is 19.7 Å². The van der Waals surface area contributed by atoms with Crippen LogP contribution in [0.4, 0.5) is 9.18 Å². The number of rotatable bonds is 2. The minimum absolute atomic E-state index is 0.159. The summed E-state index contributed by atoms with van der Waals surface area (Å²) in [5.41, 5.74) is 0.775. The zero-order valence-corrected chi connectivity index (χ0v) is 8.21. The molecule has 1 saturated heterocycles. The van der Waals surface area contributed by atoms with Gasteiger partial charge in [0.1, 0.15) is 11.6 Å². The molecule has 15 heavy (non-hydrogen) atoms. The van der Waals surface area contributed by atoms with Gasteiger partial charge in [-0.3, -0.25) is 0 Å². The first-order valence-electron chi connectivity index (χ1n) is 4.58. The summed E-state index contributed by atoms with van der Waals surface area (Å²) in [6.45, 7) is 0.487. The Bertz CT molecular complexity index is 395. The van der Waals surface area contributed by atoms with Crippen molar-refractivity contribution in [3.8, 4) is 5.75 Å². The Morgan fingerprint density at radius 3 is 2.93 bits per heavy atom. The Balaban J connectivity index is 2.31. The molecule has 1 atom stereocenters. The van der Waals surface area contributed by atoms with Crippen molar-refractivity contribution in [2.24, 2.45) is 0 Å². The van der Waals surface area contributed by atoms with Crippen molar-refractivity contribution in [3.05, 3.63) is 29.6 Å². The molecule has 0 unspecified atom stereocenters. The summed E-state index contributed by atoms with van der Waals surface area (Å²) in [6.07, 6.45) is 0. The molecule has 1 aliphatic heterocycles. The number of halogens is 1. The molecule has 0 saturated carbocycles. The fourth-order valence-corrected chi connectivity index (χ4v) is 1.62. The van der Waals surface area contributed by atoms with Gasteiger partial charge in [0.05, 0.1) is 13.2 Å². The van der Waals surface area contributed by atoms with Gasteiger partial charge in [-0.15, -0.1) is 0 Å². The van der Waals surface area contributed by atoms with E-state index in [0.29, 0.717) is 12.3 Å². The van der Waals surface area contributed by atoms with Crippen LogP contribution in [0, 0.1) is 5.82 Å². The molecule has 4 nitrogen and oxygen atoms in total. The Kier molecular flexibility index (Phi) is 2.45. The highest BCUT2D eigenvalue weighted by atomic mass is 19.1. The van der Waals surface area contributed by atoms with E-state index in [-0.39, 0.29) is 17.9 Å². The highest BCUT2D eigenvalue weighted by molar-refractivity contribution is 5.77. The zero-order valence-electron chi connectivity index (χ0n) is 8.21. The van der Waals surface area contributed by atoms with Gasteiger partial charge in [0, 0.05) is 18.2 Å². The quantitative estimate of drug-likeness (QED) is 0.770. The summed E-state index contributed by atoms with van der Waals surface area (Å²) in [5.74, 6) is 0.0943. The minimum Gasteiger partial charge on any atom is -0.496 e. The molecule has 0 radical (unpaired) electrons. The van der Waals surface area contributed by atoms with Crippen LogP contribution in [0.1, 0.15) is 11.6 Å². The van der Waals surface area contributed by atoms with Gasteiger partial charge < -0.3 is 15.4 Å². The van der Waals surface area contributed by atoms with Crippen molar-refractivity contribution in [2.45, 2.75) is 6.04 Å². The predicted molar refractivity (Wildman–Crippen MR) is 52.2 cm³/mol. The molecule has 2 rings (SSSR count). The average molecular weight is 210 g/mol. The summed E-state index contributed by atoms with van der Waals surface area (Å²) in [5, 5.41) is 5.35. The molecule has 0 spiro atoms. The first-order valence-corrected chi connectivity index (χ1v) is 4.58. The van der Waals surface area contributed by atoms with Gasteiger partial charge in [-0.25, -0.2) is 9.18 Å². The Morgan fingerprint density at radius 1 is 1.53 bits per heavy atom. The second kappa shape index (κ2) is 3.76. The van der Waals surface area contributed by atoms with Crippen LogP contribution >= 0.6 is 0 Å². The third-order valence-corrected chi connectivity index (χ3v) is 2.34. The van der Waals surface area contributed by atoms with Crippen LogP contribution in [-0.2, 0) is 0 Å². The number of nitrogens with one attached hydrogen (secondary N) is 2. The molecular formula is C10H11FN2O2. The molecule has 1 heterocycles. The third kappa shape index (κ3) is 1.86. The summed E-state index contributed by atoms with van der Waals surface area (Å²) in [6, 6.07) is 3.90. The van der Waals surface area contributed by atoms with E-state index in [1.165, 1.54) is 19.2 Å².